The Balaban J connectivity index is 0.000000270. The van der Waals surface area contributed by atoms with E-state index in [2.05, 4.69) is 21.3 Å². The highest BCUT2D eigenvalue weighted by atomic mass is 31.2. The summed E-state index contributed by atoms with van der Waals surface area (Å²) in [4.78, 5) is 90.3. The molecule has 32 nitrogen and oxygen atoms in total. The van der Waals surface area contributed by atoms with Crippen molar-refractivity contribution in [2.24, 2.45) is 17.2 Å². The number of nitrogens with one attached hydrogen (secondary N) is 6. The highest BCUT2D eigenvalue weighted by molar-refractivity contribution is 7.47. The molecule has 5 aliphatic heterocycles. The van der Waals surface area contributed by atoms with Gasteiger partial charge in [-0.25, -0.2) is 28.3 Å². The van der Waals surface area contributed by atoms with Gasteiger partial charge in [0.05, 0.1) is 32.6 Å². The van der Waals surface area contributed by atoms with Crippen LogP contribution < -0.4 is 49.1 Å². The standard InChI is InChI=1S/C15H31N3O13P2.C11H16N8O8/c16-13-1-7(20)11(28-13)5-25-32(21,22)31-9-3-15(18)29-12(9)6-26-33(23,24)30-8-2-14(17)27-10(8)4-19;20-2-18-4(6(22)16-10(18)26)14-8(24)12-1-13-9(25)15-5-7(23)17-11(27)19(5)3-21/h7-15,19-20H,1-6,16-18H2,(H,21,22)(H,23,24);4-5,20-21H,1-3H2,(H2,12,14,24)(H2,13,15,25)(H,16,22,26)(H,17,23,27). The van der Waals surface area contributed by atoms with Gasteiger partial charge in [0.1, 0.15) is 62.7 Å². The van der Waals surface area contributed by atoms with Crippen molar-refractivity contribution in [3.8, 4) is 0 Å². The molecule has 5 fully saturated rings. The summed E-state index contributed by atoms with van der Waals surface area (Å²) in [6.45, 7) is -3.59. The van der Waals surface area contributed by atoms with Gasteiger partial charge >= 0.3 is 39.8 Å². The molecule has 5 aliphatic rings. The molecule has 10 amide bonds. The molecule has 5 rings (SSSR count). The van der Waals surface area contributed by atoms with Gasteiger partial charge in [0.2, 0.25) is 0 Å². The minimum absolute atomic E-state index is 0.0378. The van der Waals surface area contributed by atoms with Crippen LogP contribution in [-0.4, -0.2) is 184 Å². The summed E-state index contributed by atoms with van der Waals surface area (Å²) >= 11 is 0. The smallest absolute Gasteiger partial charge is 0.394 e. The molecule has 13 unspecified atom stereocenters. The number of imide groups is 2. The summed E-state index contributed by atoms with van der Waals surface area (Å²) < 4.78 is 60.2. The van der Waals surface area contributed by atoms with Crippen LogP contribution in [0.15, 0.2) is 0 Å². The molecule has 5 saturated heterocycles. The normalized spacial score (nSPS) is 33.4. The molecule has 34 heteroatoms. The second-order valence-corrected chi connectivity index (χ2v) is 15.8. The van der Waals surface area contributed by atoms with E-state index >= 15 is 0 Å². The van der Waals surface area contributed by atoms with Gasteiger partial charge in [0.25, 0.3) is 11.8 Å². The number of amides is 10. The van der Waals surface area contributed by atoms with Gasteiger partial charge in [-0.1, -0.05) is 0 Å². The maximum absolute atomic E-state index is 12.3. The fourth-order valence-electron chi connectivity index (χ4n) is 5.82. The quantitative estimate of drug-likeness (QED) is 0.0366. The monoisotopic (exact) mass is 911 g/mol. The Labute approximate surface area is 337 Å². The van der Waals surface area contributed by atoms with Crippen LogP contribution in [0, 0.1) is 0 Å². The largest absolute Gasteiger partial charge is 0.472 e. The number of phosphoric acid groups is 2. The van der Waals surface area contributed by atoms with Crippen LogP contribution >= 0.6 is 15.6 Å². The molecular formula is C26H47N11O21P2. The lowest BCUT2D eigenvalue weighted by molar-refractivity contribution is -0.123. The average molecular weight is 912 g/mol. The Hall–Kier alpha value is -3.76. The number of aliphatic hydroxyl groups is 4. The number of carbonyl (C=O) groups is 6. The first-order valence-corrected chi connectivity index (χ1v) is 20.5. The molecule has 0 radical (unpaired) electrons. The molecule has 13 atom stereocenters. The molecule has 0 bridgehead atoms. The van der Waals surface area contributed by atoms with Crippen LogP contribution in [0.4, 0.5) is 19.2 Å². The minimum atomic E-state index is -4.66. The van der Waals surface area contributed by atoms with E-state index in [-0.39, 0.29) is 19.3 Å². The zero-order valence-corrected chi connectivity index (χ0v) is 32.8. The first-order valence-electron chi connectivity index (χ1n) is 17.5. The number of ether oxygens (including phenoxy) is 3. The van der Waals surface area contributed by atoms with Gasteiger partial charge in [-0.3, -0.25) is 48.1 Å². The second kappa shape index (κ2) is 21.4. The fraction of sp³-hybridized carbons (Fsp3) is 0.769. The van der Waals surface area contributed by atoms with E-state index in [1.165, 1.54) is 0 Å². The van der Waals surface area contributed by atoms with E-state index < -0.39 is 159 Å². The van der Waals surface area contributed by atoms with Crippen molar-refractivity contribution in [1.82, 2.24) is 41.7 Å². The maximum atomic E-state index is 12.3. The first kappa shape index (κ1) is 48.9. The molecule has 5 heterocycles. The Bertz CT molecular complexity index is 1620. The number of urea groups is 4. The third-order valence-corrected chi connectivity index (χ3v) is 10.7. The molecule has 18 N–H and O–H groups in total. The maximum Gasteiger partial charge on any atom is 0.472 e. The molecule has 342 valence electrons. The highest BCUT2D eigenvalue weighted by Gasteiger charge is 2.45. The highest BCUT2D eigenvalue weighted by Crippen LogP contribution is 2.50. The van der Waals surface area contributed by atoms with Gasteiger partial charge in [-0.05, 0) is 0 Å². The second-order valence-electron chi connectivity index (χ2n) is 13.0. The number of hydrogen-bond donors (Lipinski definition) is 15. The van der Waals surface area contributed by atoms with E-state index in [1.807, 2.05) is 10.6 Å². The molecule has 0 aromatic rings. The zero-order valence-electron chi connectivity index (χ0n) is 31.0. The summed E-state index contributed by atoms with van der Waals surface area (Å²) in [6, 6.07) is -3.67. The topological polar surface area (TPSA) is 479 Å². The van der Waals surface area contributed by atoms with Crippen molar-refractivity contribution in [1.29, 1.82) is 0 Å². The van der Waals surface area contributed by atoms with Crippen LogP contribution in [0.5, 0.6) is 0 Å². The van der Waals surface area contributed by atoms with Crippen molar-refractivity contribution in [3.63, 3.8) is 0 Å². The van der Waals surface area contributed by atoms with Crippen molar-refractivity contribution < 1.29 is 100 Å². The Kier molecular flexibility index (Phi) is 17.4. The first-order chi connectivity index (χ1) is 28.1. The third kappa shape index (κ3) is 13.6. The van der Waals surface area contributed by atoms with E-state index in [9.17, 15) is 57.9 Å². The van der Waals surface area contributed by atoms with Gasteiger partial charge in [-0.2, -0.15) is 0 Å². The van der Waals surface area contributed by atoms with E-state index in [1.54, 1.807) is 0 Å². The SMILES string of the molecule is NC1CC(O)C(COP(=O)(O)OC2CC(N)OC2COP(=O)(O)OC2CC(N)OC2CO)O1.O=C(NCNC(=O)NC1C(=O)NC(=O)N1CO)NC1C(=O)NC(=O)N1CO. The predicted octanol–water partition coefficient (Wildman–Crippen LogP) is -7.24. The number of aliphatic hydroxyl groups excluding tert-OH is 4. The summed E-state index contributed by atoms with van der Waals surface area (Å²) in [5.41, 5.74) is 16.8. The van der Waals surface area contributed by atoms with Crippen molar-refractivity contribution in [2.45, 2.75) is 86.9 Å². The number of carbonyl (C=O) groups excluding carboxylic acids is 6. The van der Waals surface area contributed by atoms with Crippen LogP contribution in [0.25, 0.3) is 0 Å². The van der Waals surface area contributed by atoms with Crippen LogP contribution in [0.3, 0.4) is 0 Å². The summed E-state index contributed by atoms with van der Waals surface area (Å²) in [5, 5.41) is 49.3. The zero-order chi connectivity index (χ0) is 44.5. The Morgan fingerprint density at radius 1 is 0.700 bits per heavy atom. The van der Waals surface area contributed by atoms with Crippen molar-refractivity contribution in [3.05, 3.63) is 0 Å². The van der Waals surface area contributed by atoms with E-state index in [0.29, 0.717) is 9.80 Å². The van der Waals surface area contributed by atoms with E-state index in [0.717, 1.165) is 0 Å². The number of phosphoric ester groups is 2. The van der Waals surface area contributed by atoms with Crippen molar-refractivity contribution in [2.75, 3.05) is 40.0 Å². The van der Waals surface area contributed by atoms with Gasteiger partial charge < -0.3 is 82.9 Å². The van der Waals surface area contributed by atoms with Gasteiger partial charge in [-0.15, -0.1) is 0 Å². The number of hydrogen-bond acceptors (Lipinski definition) is 22. The Morgan fingerprint density at radius 3 is 1.52 bits per heavy atom. The number of nitrogens with zero attached hydrogens (tertiary/aromatic N) is 2. The minimum Gasteiger partial charge on any atom is -0.394 e. The Morgan fingerprint density at radius 2 is 1.10 bits per heavy atom. The molecule has 0 aromatic heterocycles. The average Bonchev–Trinajstić information content (AvgIpc) is 3.92. The molecule has 0 aromatic carbocycles. The van der Waals surface area contributed by atoms with Crippen LogP contribution in [-0.2, 0) is 51.0 Å². The van der Waals surface area contributed by atoms with Gasteiger partial charge in [0, 0.05) is 19.3 Å². The molecule has 60 heavy (non-hydrogen) atoms. The molecular weight excluding hydrogens is 864 g/mol. The summed E-state index contributed by atoms with van der Waals surface area (Å²) in [5.74, 6) is -1.70. The molecule has 0 saturated carbocycles. The van der Waals surface area contributed by atoms with Crippen LogP contribution in [0.1, 0.15) is 19.3 Å². The molecule has 0 spiro atoms. The fourth-order valence-corrected chi connectivity index (χ4v) is 7.74. The number of nitrogens with two attached hydrogens (primary N) is 3. The predicted molar refractivity (Wildman–Crippen MR) is 187 cm³/mol. The third-order valence-electron chi connectivity index (χ3n) is 8.67. The lowest BCUT2D eigenvalue weighted by atomic mass is 10.2. The lowest BCUT2D eigenvalue weighted by Gasteiger charge is -2.24. The van der Waals surface area contributed by atoms with Crippen LogP contribution in [0.2, 0.25) is 0 Å². The summed E-state index contributed by atoms with van der Waals surface area (Å²) in [7, 11) is -9.31. The lowest BCUT2D eigenvalue weighted by Crippen LogP contribution is -2.56. The molecule has 0 aliphatic carbocycles. The van der Waals surface area contributed by atoms with Crippen molar-refractivity contribution >= 4 is 51.6 Å². The number of rotatable bonds is 17. The van der Waals surface area contributed by atoms with E-state index in [4.69, 9.17) is 59.7 Å². The summed E-state index contributed by atoms with van der Waals surface area (Å²) in [6.07, 6.45) is -11.1. The van der Waals surface area contributed by atoms with Gasteiger partial charge in [0.15, 0.2) is 12.3 Å².